The maximum Gasteiger partial charge on any atom is 0.143 e. The molecule has 2 heterocycles. The minimum Gasteiger partial charge on any atom is -0.455 e. The van der Waals surface area contributed by atoms with Crippen molar-refractivity contribution in [2.45, 2.75) is 14.9 Å². The molecule has 396 valence electrons. The third-order valence-electron chi connectivity index (χ3n) is 13.8. The zero-order valence-electron chi connectivity index (χ0n) is 42.6. The monoisotopic (exact) mass is 1290 g/mol. The molecule has 7 heteroatoms. The molecule has 1 N–H and O–H groups in total. The van der Waals surface area contributed by atoms with Crippen molar-refractivity contribution in [3.8, 4) is 44.5 Å². The van der Waals surface area contributed by atoms with Crippen LogP contribution in [0.15, 0.2) is 309 Å². The van der Waals surface area contributed by atoms with Crippen molar-refractivity contribution >= 4 is 127 Å². The van der Waals surface area contributed by atoms with Gasteiger partial charge in [-0.3, -0.25) is 0 Å². The minimum atomic E-state index is 0. The summed E-state index contributed by atoms with van der Waals surface area (Å²) >= 11 is 9.20. The number of nitrogens with one attached hydrogen (secondary N) is 1. The average Bonchev–Trinajstić information content (AvgIpc) is 4.34. The fraction of sp³-hybridized carbons (Fsp3) is 0.0270. The Balaban J connectivity index is 0.000000158. The van der Waals surface area contributed by atoms with Crippen LogP contribution in [0.3, 0.4) is 0 Å². The molecule has 12 aromatic carbocycles. The lowest BCUT2D eigenvalue weighted by molar-refractivity contribution is 0.669. The van der Waals surface area contributed by atoms with Crippen molar-refractivity contribution < 1.29 is 8.83 Å². The van der Waals surface area contributed by atoms with Crippen molar-refractivity contribution in [2.24, 2.45) is 0 Å². The van der Waals surface area contributed by atoms with Crippen LogP contribution in [0.5, 0.6) is 0 Å². The molecule has 14 aromatic rings. The van der Waals surface area contributed by atoms with Gasteiger partial charge in [-0.15, -0.1) is 0 Å². The van der Waals surface area contributed by atoms with Crippen molar-refractivity contribution in [3.63, 3.8) is 0 Å². The van der Waals surface area contributed by atoms with Gasteiger partial charge < -0.3 is 19.1 Å². The van der Waals surface area contributed by atoms with E-state index >= 15 is 0 Å². The van der Waals surface area contributed by atoms with Crippen LogP contribution in [0.4, 0.5) is 28.4 Å². The summed E-state index contributed by atoms with van der Waals surface area (Å²) in [4.78, 5) is 2.28. The van der Waals surface area contributed by atoms with Crippen molar-refractivity contribution in [1.29, 1.82) is 0 Å². The molecule has 4 nitrogen and oxygen atoms in total. The number of hydrogen-bond donors (Lipinski definition) is 1. The Morgan fingerprint density at radius 3 is 1.04 bits per heavy atom. The van der Waals surface area contributed by atoms with E-state index in [1.807, 2.05) is 48.5 Å². The van der Waals surface area contributed by atoms with Gasteiger partial charge in [-0.2, -0.15) is 0 Å². The molecule has 0 aliphatic rings. The Hall–Kier alpha value is -8.47. The number of para-hydroxylation sites is 4. The number of rotatable bonds is 9. The molecule has 0 atom stereocenters. The van der Waals surface area contributed by atoms with E-state index in [2.05, 4.69) is 307 Å². The molecule has 14 rings (SSSR count). The third-order valence-corrected chi connectivity index (χ3v) is 15.6. The van der Waals surface area contributed by atoms with Crippen LogP contribution in [-0.2, 0) is 0 Å². The number of benzene rings is 12. The summed E-state index contributed by atoms with van der Waals surface area (Å²) in [5, 5.41) is 8.09. The molecule has 0 saturated carbocycles. The number of hydrogen-bond acceptors (Lipinski definition) is 4. The van der Waals surface area contributed by atoms with Gasteiger partial charge in [0.15, 0.2) is 0 Å². The quantitative estimate of drug-likeness (QED) is 0.146. The van der Waals surface area contributed by atoms with Gasteiger partial charge in [0.25, 0.3) is 0 Å². The van der Waals surface area contributed by atoms with Gasteiger partial charge in [0.2, 0.25) is 0 Å². The van der Waals surface area contributed by atoms with E-state index in [4.69, 9.17) is 8.83 Å². The first kappa shape index (κ1) is 55.8. The van der Waals surface area contributed by atoms with E-state index in [1.165, 1.54) is 25.8 Å². The lowest BCUT2D eigenvalue weighted by atomic mass is 10.0. The maximum absolute atomic E-state index is 6.30. The number of nitrogens with zero attached hydrogens (tertiary/aromatic N) is 1. The summed E-state index contributed by atoms with van der Waals surface area (Å²) in [5.74, 6) is 0. The maximum atomic E-state index is 6.30. The van der Waals surface area contributed by atoms with Crippen LogP contribution in [-0.4, -0.2) is 0 Å². The van der Waals surface area contributed by atoms with Crippen LogP contribution in [0.1, 0.15) is 14.9 Å². The van der Waals surface area contributed by atoms with Crippen LogP contribution in [0.25, 0.3) is 88.4 Å². The van der Waals surface area contributed by atoms with Crippen LogP contribution in [0, 0.1) is 3.57 Å². The van der Waals surface area contributed by atoms with Gasteiger partial charge in [0, 0.05) is 73.6 Å². The predicted molar refractivity (Wildman–Crippen MR) is 362 cm³/mol. The lowest BCUT2D eigenvalue weighted by Crippen LogP contribution is -2.09. The summed E-state index contributed by atoms with van der Waals surface area (Å²) in [5.41, 5.74) is 18.4. The lowest BCUT2D eigenvalue weighted by Gasteiger charge is -2.26. The molecule has 0 unspecified atom stereocenters. The number of halogens is 3. The first-order chi connectivity index (χ1) is 38.9. The average molecular weight is 1290 g/mol. The summed E-state index contributed by atoms with van der Waals surface area (Å²) < 4.78 is 16.0. The second kappa shape index (κ2) is 25.8. The zero-order valence-corrected chi connectivity index (χ0v) is 47.9. The molecule has 0 spiro atoms. The van der Waals surface area contributed by atoms with Gasteiger partial charge in [-0.25, -0.2) is 0 Å². The van der Waals surface area contributed by atoms with Crippen molar-refractivity contribution in [2.75, 3.05) is 10.2 Å². The molecule has 81 heavy (non-hydrogen) atoms. The van der Waals surface area contributed by atoms with Crippen LogP contribution < -0.4 is 10.2 Å². The Morgan fingerprint density at radius 1 is 0.296 bits per heavy atom. The Kier molecular flexibility index (Phi) is 17.8. The molecule has 0 amide bonds. The van der Waals surface area contributed by atoms with Gasteiger partial charge >= 0.3 is 0 Å². The Labute approximate surface area is 504 Å². The SMILES string of the molecule is Brc1ccc(I)cc1.Brc1ccc(N(c2ccc(-c3ccccc3)cc2)c2ccc(-c3cccc4c3oc3ccccc34)cc2)cc1.C.C.c1ccc(-c2ccc(Nc3ccc(-c4cccc5c4oc4ccccc45)cc3)cc2)cc1. The fourth-order valence-electron chi connectivity index (χ4n) is 9.92. The smallest absolute Gasteiger partial charge is 0.143 e. The summed E-state index contributed by atoms with van der Waals surface area (Å²) in [6, 6.07) is 101. The highest BCUT2D eigenvalue weighted by Crippen LogP contribution is 2.41. The highest BCUT2D eigenvalue weighted by atomic mass is 127. The molecular formula is C74H57Br2IN2O2. The van der Waals surface area contributed by atoms with E-state index in [1.54, 1.807) is 0 Å². The standard InChI is InChI=1S/C36H24BrNO.C30H21NO.C6H4BrI.2CH4/c37-28-17-23-31(24-18-28)38(29-19-13-26(14-20-29)25-7-2-1-3-8-25)30-21-15-27(16-22-30)32-10-6-11-34-33-9-4-5-12-35(33)39-36(32)34;1-2-7-21(8-3-1)22-13-17-24(18-14-22)31-25-19-15-23(16-20-25)26-10-6-11-28-27-9-4-5-12-29(27)32-30(26)28;7-5-1-3-6(8)4-2-5;;/h1-24H;1-20,31H;1-4H;2*1H4. The molecule has 0 aliphatic carbocycles. The first-order valence-corrected chi connectivity index (χ1v) is 28.6. The summed E-state index contributed by atoms with van der Waals surface area (Å²) in [7, 11) is 0. The van der Waals surface area contributed by atoms with Crippen molar-refractivity contribution in [1.82, 2.24) is 0 Å². The summed E-state index contributed by atoms with van der Waals surface area (Å²) in [6.45, 7) is 0. The highest BCUT2D eigenvalue weighted by Gasteiger charge is 2.16. The largest absolute Gasteiger partial charge is 0.455 e. The van der Waals surface area contributed by atoms with Gasteiger partial charge in [0.1, 0.15) is 22.3 Å². The van der Waals surface area contributed by atoms with E-state index in [0.717, 1.165) is 104 Å². The second-order valence-electron chi connectivity index (χ2n) is 18.9. The van der Waals surface area contributed by atoms with Crippen LogP contribution >= 0.6 is 54.5 Å². The summed E-state index contributed by atoms with van der Waals surface area (Å²) in [6.07, 6.45) is 0. The van der Waals surface area contributed by atoms with Crippen LogP contribution in [0.2, 0.25) is 0 Å². The van der Waals surface area contributed by atoms with E-state index in [9.17, 15) is 0 Å². The zero-order chi connectivity index (χ0) is 53.5. The normalized spacial score (nSPS) is 10.7. The van der Waals surface area contributed by atoms with E-state index in [-0.39, 0.29) is 14.9 Å². The highest BCUT2D eigenvalue weighted by molar-refractivity contribution is 14.1. The van der Waals surface area contributed by atoms with Crippen molar-refractivity contribution in [3.05, 3.63) is 304 Å². The second-order valence-corrected chi connectivity index (χ2v) is 22.0. The van der Waals surface area contributed by atoms with Gasteiger partial charge in [0.05, 0.1) is 0 Å². The van der Waals surface area contributed by atoms with E-state index in [0.29, 0.717) is 0 Å². The molecular weight excluding hydrogens is 1240 g/mol. The molecule has 2 aromatic heterocycles. The Bertz CT molecular complexity index is 4300. The molecule has 0 radical (unpaired) electrons. The molecule has 0 aliphatic heterocycles. The molecule has 0 saturated heterocycles. The number of furan rings is 2. The van der Waals surface area contributed by atoms with Gasteiger partial charge in [-0.05, 0) is 165 Å². The Morgan fingerprint density at radius 2 is 0.617 bits per heavy atom. The number of anilines is 5. The molecule has 0 bridgehead atoms. The van der Waals surface area contributed by atoms with Gasteiger partial charge in [-0.1, -0.05) is 229 Å². The van der Waals surface area contributed by atoms with E-state index < -0.39 is 0 Å². The minimum absolute atomic E-state index is 0. The molecule has 0 fully saturated rings. The number of fused-ring (bicyclic) bond motifs is 6. The first-order valence-electron chi connectivity index (χ1n) is 25.9. The third kappa shape index (κ3) is 12.6. The topological polar surface area (TPSA) is 41.6 Å². The predicted octanol–water partition coefficient (Wildman–Crippen LogP) is 24.1. The fourth-order valence-corrected chi connectivity index (χ4v) is 10.8.